The highest BCUT2D eigenvalue weighted by molar-refractivity contribution is 5.96. The van der Waals surface area contributed by atoms with E-state index < -0.39 is 17.1 Å². The second-order valence-electron chi connectivity index (χ2n) is 7.79. The molecule has 2 aromatic carbocycles. The van der Waals surface area contributed by atoms with Gasteiger partial charge in [0.05, 0.1) is 6.61 Å². The first-order chi connectivity index (χ1) is 15.6. The first-order valence-corrected chi connectivity index (χ1v) is 10.4. The van der Waals surface area contributed by atoms with Crippen molar-refractivity contribution in [2.75, 3.05) is 31.9 Å². The van der Waals surface area contributed by atoms with Crippen molar-refractivity contribution in [3.8, 4) is 11.5 Å². The van der Waals surface area contributed by atoms with Crippen LogP contribution in [0.5, 0.6) is 11.5 Å². The molecule has 0 aliphatic carbocycles. The molecule has 0 radical (unpaired) electrons. The lowest BCUT2D eigenvalue weighted by atomic mass is 9.94. The molecule has 8 heteroatoms. The van der Waals surface area contributed by atoms with Crippen LogP contribution >= 0.6 is 0 Å². The van der Waals surface area contributed by atoms with E-state index in [1.165, 1.54) is 6.07 Å². The molecule has 32 heavy (non-hydrogen) atoms. The molecule has 164 valence electrons. The van der Waals surface area contributed by atoms with E-state index in [0.717, 1.165) is 22.4 Å². The van der Waals surface area contributed by atoms with Crippen molar-refractivity contribution < 1.29 is 19.4 Å². The summed E-state index contributed by atoms with van der Waals surface area (Å²) >= 11 is 0. The molecule has 1 unspecified atom stereocenters. The van der Waals surface area contributed by atoms with Crippen molar-refractivity contribution in [1.82, 2.24) is 9.58 Å². The summed E-state index contributed by atoms with van der Waals surface area (Å²) in [5, 5.41) is 12.5. The third kappa shape index (κ3) is 3.20. The monoisotopic (exact) mass is 433 g/mol. The highest BCUT2D eigenvalue weighted by Gasteiger charge is 2.38. The number of hydrogen-bond acceptors (Lipinski definition) is 6. The van der Waals surface area contributed by atoms with Crippen LogP contribution in [0.3, 0.4) is 0 Å². The maximum atomic E-state index is 13.2. The summed E-state index contributed by atoms with van der Waals surface area (Å²) in [5.74, 6) is -0.225. The summed E-state index contributed by atoms with van der Waals surface area (Å²) < 4.78 is 12.9. The summed E-state index contributed by atoms with van der Waals surface area (Å²) in [7, 11) is 1.57. The number of pyridine rings is 1. The first kappa shape index (κ1) is 20.1. The fourth-order valence-electron chi connectivity index (χ4n) is 4.38. The van der Waals surface area contributed by atoms with Crippen LogP contribution in [0.25, 0.3) is 0 Å². The molecule has 2 aliphatic rings. The normalized spacial score (nSPS) is 17.2. The quantitative estimate of drug-likeness (QED) is 0.679. The van der Waals surface area contributed by atoms with E-state index in [9.17, 15) is 14.7 Å². The Balaban J connectivity index is 1.74. The number of aromatic nitrogens is 1. The van der Waals surface area contributed by atoms with Crippen LogP contribution in [0.1, 0.15) is 33.2 Å². The molecule has 1 amide bonds. The standard InChI is InChI=1S/C24H23N3O5/c1-31-13-12-25-15-27(26-11-10-19(28)23(29)22(26)24(25)30)21-17-7-3-2-6-16(17)14-32-20-9-5-4-8-18(20)21/h2-11,21,29H,12-15H2,1H3. The molecule has 2 aliphatic heterocycles. The number of amides is 1. The molecule has 1 aromatic heterocycles. The number of hydrogen-bond donors (Lipinski definition) is 1. The molecular formula is C24H23N3O5. The Kier molecular flexibility index (Phi) is 5.07. The molecule has 0 fully saturated rings. The summed E-state index contributed by atoms with van der Waals surface area (Å²) in [6.07, 6.45) is 1.54. The third-order valence-corrected chi connectivity index (χ3v) is 5.95. The number of nitrogens with zero attached hydrogens (tertiary/aromatic N) is 3. The van der Waals surface area contributed by atoms with Gasteiger partial charge in [0, 0.05) is 31.5 Å². The van der Waals surface area contributed by atoms with Crippen molar-refractivity contribution in [3.05, 3.63) is 93.4 Å². The van der Waals surface area contributed by atoms with Crippen LogP contribution in [0.15, 0.2) is 65.6 Å². The molecule has 0 spiro atoms. The number of fused-ring (bicyclic) bond motifs is 3. The number of methoxy groups -OCH3 is 1. The van der Waals surface area contributed by atoms with Gasteiger partial charge in [0.1, 0.15) is 25.1 Å². The second kappa shape index (κ2) is 8.05. The van der Waals surface area contributed by atoms with Gasteiger partial charge in [-0.1, -0.05) is 42.5 Å². The summed E-state index contributed by atoms with van der Waals surface area (Å²) in [6.45, 7) is 1.32. The lowest BCUT2D eigenvalue weighted by molar-refractivity contribution is 0.0614. The SMILES string of the molecule is COCCN1CN(C2c3ccccc3COc3ccccc32)n2ccc(=O)c(O)c2C1=O. The molecule has 3 heterocycles. The molecule has 0 bridgehead atoms. The average molecular weight is 433 g/mol. The maximum absolute atomic E-state index is 13.2. The smallest absolute Gasteiger partial charge is 0.277 e. The van der Waals surface area contributed by atoms with Crippen molar-refractivity contribution in [1.29, 1.82) is 0 Å². The van der Waals surface area contributed by atoms with Crippen molar-refractivity contribution in [3.63, 3.8) is 0 Å². The van der Waals surface area contributed by atoms with Gasteiger partial charge < -0.3 is 19.5 Å². The zero-order valence-corrected chi connectivity index (χ0v) is 17.6. The van der Waals surface area contributed by atoms with Gasteiger partial charge in [-0.15, -0.1) is 0 Å². The number of aromatic hydroxyl groups is 1. The van der Waals surface area contributed by atoms with Gasteiger partial charge >= 0.3 is 0 Å². The minimum Gasteiger partial charge on any atom is -0.502 e. The molecule has 0 saturated carbocycles. The van der Waals surface area contributed by atoms with Gasteiger partial charge in [-0.2, -0.15) is 0 Å². The number of carbonyl (C=O) groups excluding carboxylic acids is 1. The van der Waals surface area contributed by atoms with E-state index in [1.807, 2.05) is 53.5 Å². The van der Waals surface area contributed by atoms with Crippen LogP contribution in [0, 0.1) is 0 Å². The number of ether oxygens (including phenoxy) is 2. The Morgan fingerprint density at radius 1 is 1.06 bits per heavy atom. The number of carbonyl (C=O) groups is 1. The number of para-hydroxylation sites is 1. The highest BCUT2D eigenvalue weighted by atomic mass is 16.5. The molecule has 0 saturated heterocycles. The van der Waals surface area contributed by atoms with E-state index in [-0.39, 0.29) is 18.4 Å². The van der Waals surface area contributed by atoms with E-state index in [1.54, 1.807) is 22.9 Å². The van der Waals surface area contributed by atoms with Crippen molar-refractivity contribution in [2.45, 2.75) is 12.6 Å². The van der Waals surface area contributed by atoms with Crippen LogP contribution in [-0.4, -0.2) is 47.5 Å². The third-order valence-electron chi connectivity index (χ3n) is 5.95. The fourth-order valence-corrected chi connectivity index (χ4v) is 4.38. The fraction of sp³-hybridized carbons (Fsp3) is 0.250. The number of rotatable bonds is 4. The summed E-state index contributed by atoms with van der Waals surface area (Å²) in [5.41, 5.74) is 2.34. The van der Waals surface area contributed by atoms with Crippen molar-refractivity contribution in [2.24, 2.45) is 0 Å². The molecule has 1 N–H and O–H groups in total. The predicted octanol–water partition coefficient (Wildman–Crippen LogP) is 2.23. The van der Waals surface area contributed by atoms with E-state index >= 15 is 0 Å². The van der Waals surface area contributed by atoms with E-state index in [2.05, 4.69) is 0 Å². The highest BCUT2D eigenvalue weighted by Crippen LogP contribution is 2.40. The summed E-state index contributed by atoms with van der Waals surface area (Å²) in [6, 6.07) is 16.8. The Labute approximate surface area is 184 Å². The van der Waals surface area contributed by atoms with Crippen LogP contribution in [0.4, 0.5) is 0 Å². The van der Waals surface area contributed by atoms with Crippen LogP contribution in [-0.2, 0) is 11.3 Å². The average Bonchev–Trinajstić information content (AvgIpc) is 2.98. The largest absolute Gasteiger partial charge is 0.502 e. The minimum absolute atomic E-state index is 0.0556. The van der Waals surface area contributed by atoms with Crippen LogP contribution in [0.2, 0.25) is 0 Å². The molecule has 8 nitrogen and oxygen atoms in total. The van der Waals surface area contributed by atoms with Gasteiger partial charge in [0.2, 0.25) is 5.43 Å². The van der Waals surface area contributed by atoms with Gasteiger partial charge in [0.15, 0.2) is 11.4 Å². The Morgan fingerprint density at radius 2 is 1.81 bits per heavy atom. The lowest BCUT2D eigenvalue weighted by Gasteiger charge is -2.44. The Hall–Kier alpha value is -3.78. The Morgan fingerprint density at radius 3 is 2.62 bits per heavy atom. The van der Waals surface area contributed by atoms with Crippen LogP contribution < -0.4 is 15.2 Å². The van der Waals surface area contributed by atoms with Gasteiger partial charge in [-0.25, -0.2) is 0 Å². The minimum atomic E-state index is -0.594. The topological polar surface area (TPSA) is 84.2 Å². The summed E-state index contributed by atoms with van der Waals surface area (Å²) in [4.78, 5) is 27.0. The molecule has 5 rings (SSSR count). The molecule has 3 aromatic rings. The zero-order chi connectivity index (χ0) is 22.2. The zero-order valence-electron chi connectivity index (χ0n) is 17.6. The molecular weight excluding hydrogens is 410 g/mol. The predicted molar refractivity (Wildman–Crippen MR) is 117 cm³/mol. The van der Waals surface area contributed by atoms with E-state index in [0.29, 0.717) is 19.8 Å². The van der Waals surface area contributed by atoms with Crippen molar-refractivity contribution >= 4 is 5.91 Å². The number of benzene rings is 2. The lowest BCUT2D eigenvalue weighted by Crippen LogP contribution is -2.56. The second-order valence-corrected chi connectivity index (χ2v) is 7.79. The Bertz CT molecular complexity index is 1190. The first-order valence-electron chi connectivity index (χ1n) is 10.4. The van der Waals surface area contributed by atoms with Gasteiger partial charge in [0.25, 0.3) is 5.91 Å². The molecule has 1 atom stereocenters. The maximum Gasteiger partial charge on any atom is 0.277 e. The van der Waals surface area contributed by atoms with Gasteiger partial charge in [-0.05, 0) is 17.2 Å². The van der Waals surface area contributed by atoms with E-state index in [4.69, 9.17) is 9.47 Å². The van der Waals surface area contributed by atoms with Gasteiger partial charge in [-0.3, -0.25) is 19.3 Å².